The van der Waals surface area contributed by atoms with E-state index in [-0.39, 0.29) is 48.9 Å². The minimum Gasteiger partial charge on any atom is -0.480 e. The summed E-state index contributed by atoms with van der Waals surface area (Å²) in [4.78, 5) is 65.4. The fourth-order valence-corrected chi connectivity index (χ4v) is 7.79. The minimum absolute atomic E-state index is 0.0647. The number of amides is 3. The maximum Gasteiger partial charge on any atom is 0.407 e. The van der Waals surface area contributed by atoms with Crippen LogP contribution in [0.3, 0.4) is 0 Å². The second-order valence-electron chi connectivity index (χ2n) is 16.9. The van der Waals surface area contributed by atoms with Crippen LogP contribution in [0.15, 0.2) is 60.8 Å². The largest absolute Gasteiger partial charge is 0.480 e. The summed E-state index contributed by atoms with van der Waals surface area (Å²) in [6, 6.07) is 13.5. The van der Waals surface area contributed by atoms with Gasteiger partial charge in [-0.3, -0.25) is 14.4 Å². The molecule has 2 aromatic carbocycles. The van der Waals surface area contributed by atoms with Crippen molar-refractivity contribution in [1.82, 2.24) is 20.1 Å². The number of aromatic nitrogens is 1. The van der Waals surface area contributed by atoms with Gasteiger partial charge in [0, 0.05) is 63.6 Å². The number of nitrogens with one attached hydrogen (secondary N) is 2. The maximum atomic E-state index is 15.2. The van der Waals surface area contributed by atoms with Crippen molar-refractivity contribution in [3.8, 4) is 11.1 Å². The molecule has 3 amide bonds. The number of rotatable bonds is 21. The monoisotopic (exact) mass is 858 g/mol. The number of hydrogen-bond donors (Lipinski definition) is 3. The van der Waals surface area contributed by atoms with E-state index in [1.54, 1.807) is 37.9 Å². The fourth-order valence-electron chi connectivity index (χ4n) is 6.28. The van der Waals surface area contributed by atoms with Crippen LogP contribution in [-0.4, -0.2) is 96.1 Å². The van der Waals surface area contributed by atoms with Gasteiger partial charge in [-0.05, 0) is 68.5 Å². The molecule has 0 aliphatic carbocycles. The summed E-state index contributed by atoms with van der Waals surface area (Å²) in [5.41, 5.74) is 0.712. The summed E-state index contributed by atoms with van der Waals surface area (Å²) in [5, 5.41) is 15.1. The van der Waals surface area contributed by atoms with Crippen molar-refractivity contribution >= 4 is 50.4 Å². The summed E-state index contributed by atoms with van der Waals surface area (Å²) in [6.07, 6.45) is 1.04. The molecule has 16 heteroatoms. The lowest BCUT2D eigenvalue weighted by atomic mass is 9.83. The number of thioether (sulfide) groups is 1. The van der Waals surface area contributed by atoms with Crippen molar-refractivity contribution in [2.45, 2.75) is 104 Å². The molecule has 0 saturated heterocycles. The smallest absolute Gasteiger partial charge is 0.407 e. The molecule has 3 N–H and O–H groups in total. The van der Waals surface area contributed by atoms with Crippen molar-refractivity contribution in [2.24, 2.45) is 5.41 Å². The number of alkyl carbamates (subject to hydrolysis) is 1. The highest BCUT2D eigenvalue weighted by atomic mass is 32.2. The Balaban J connectivity index is 1.93. The molecule has 12 nitrogen and oxygen atoms in total. The standard InChI is InChI=1S/C43H60F2N4O8SSi/c1-42(2,3)39(35-23-30(32-24-31(44)15-16-33(32)45)26-48(35)25-29-13-10-9-11-14-29)49(20-12-19-46-41(55)56-21-22-59(7)8)37(51)28-58-27-34(40(53)54)47-36(50)17-18-38(52)57-43(4,5)6/h9-11,13-16,23-24,26,34,39,59H,12,17-22,25,27-28H2,1-8H3,(H,46,55)(H,47,50)(H,53,54)/t34-,39-/m0/s1. The van der Waals surface area contributed by atoms with Crippen LogP contribution in [0, 0.1) is 17.0 Å². The summed E-state index contributed by atoms with van der Waals surface area (Å²) < 4.78 is 42.2. The Kier molecular flexibility index (Phi) is 18.6. The van der Waals surface area contributed by atoms with Crippen molar-refractivity contribution in [3.05, 3.63) is 83.7 Å². The van der Waals surface area contributed by atoms with Gasteiger partial charge in [0.1, 0.15) is 23.3 Å². The van der Waals surface area contributed by atoms with Gasteiger partial charge < -0.3 is 34.7 Å². The molecule has 1 heterocycles. The van der Waals surface area contributed by atoms with E-state index in [2.05, 4.69) is 23.7 Å². The molecule has 3 aromatic rings. The first-order valence-electron chi connectivity index (χ1n) is 19.9. The van der Waals surface area contributed by atoms with Crippen molar-refractivity contribution < 1.29 is 47.3 Å². The molecule has 2 atom stereocenters. The third-order valence-electron chi connectivity index (χ3n) is 8.99. The number of aliphatic carboxylic acids is 1. The number of carboxylic acids is 1. The minimum atomic E-state index is -1.34. The number of carboxylic acid groups (broad SMARTS) is 1. The molecule has 59 heavy (non-hydrogen) atoms. The van der Waals surface area contributed by atoms with Crippen molar-refractivity contribution in [3.63, 3.8) is 0 Å². The lowest BCUT2D eigenvalue weighted by Crippen LogP contribution is -2.45. The first kappa shape index (κ1) is 48.7. The van der Waals surface area contributed by atoms with Crippen molar-refractivity contribution in [1.29, 1.82) is 0 Å². The topological polar surface area (TPSA) is 156 Å². The highest BCUT2D eigenvalue weighted by Gasteiger charge is 2.37. The second kappa shape index (κ2) is 22.6. The third kappa shape index (κ3) is 16.8. The Hall–Kier alpha value is -4.70. The molecular formula is C43H60F2N4O8SSi. The molecule has 0 saturated carbocycles. The highest BCUT2D eigenvalue weighted by molar-refractivity contribution is 8.00. The van der Waals surface area contributed by atoms with E-state index in [4.69, 9.17) is 9.47 Å². The lowest BCUT2D eigenvalue weighted by molar-refractivity contribution is -0.155. The number of nitrogens with zero attached hydrogens (tertiary/aromatic N) is 2. The number of esters is 1. The summed E-state index contributed by atoms with van der Waals surface area (Å²) >= 11 is 1.03. The lowest BCUT2D eigenvalue weighted by Gasteiger charge is -2.41. The number of hydrogen-bond acceptors (Lipinski definition) is 8. The average Bonchev–Trinajstić information content (AvgIpc) is 3.53. The predicted molar refractivity (Wildman–Crippen MR) is 229 cm³/mol. The van der Waals surface area contributed by atoms with Gasteiger partial charge in [0.05, 0.1) is 24.8 Å². The average molecular weight is 859 g/mol. The van der Waals surface area contributed by atoms with Crippen LogP contribution >= 0.6 is 11.8 Å². The van der Waals surface area contributed by atoms with Gasteiger partial charge in [0.15, 0.2) is 0 Å². The van der Waals surface area contributed by atoms with Gasteiger partial charge >= 0.3 is 18.0 Å². The van der Waals surface area contributed by atoms with Crippen molar-refractivity contribution in [2.75, 3.05) is 31.2 Å². The summed E-state index contributed by atoms with van der Waals surface area (Å²) in [5.74, 6) is -4.39. The quantitative estimate of drug-likeness (QED) is 0.0564. The molecule has 0 aliphatic heterocycles. The Morgan fingerprint density at radius 3 is 2.29 bits per heavy atom. The van der Waals surface area contributed by atoms with E-state index in [0.29, 0.717) is 30.8 Å². The molecule has 0 aliphatic rings. The molecule has 324 valence electrons. The number of benzene rings is 2. The Morgan fingerprint density at radius 2 is 1.66 bits per heavy atom. The normalized spacial score (nSPS) is 12.7. The Morgan fingerprint density at radius 1 is 0.966 bits per heavy atom. The van der Waals surface area contributed by atoms with Crippen LogP contribution in [0.5, 0.6) is 0 Å². The summed E-state index contributed by atoms with van der Waals surface area (Å²) in [6.45, 7) is 16.4. The van der Waals surface area contributed by atoms with Crippen LogP contribution in [-0.2, 0) is 35.2 Å². The first-order chi connectivity index (χ1) is 27.6. The first-order valence-corrected chi connectivity index (χ1v) is 24.1. The van der Waals surface area contributed by atoms with Gasteiger partial charge in [-0.25, -0.2) is 18.4 Å². The third-order valence-corrected chi connectivity index (χ3v) is 11.4. The molecule has 0 unspecified atom stereocenters. The number of carbonyl (C=O) groups excluding carboxylic acids is 4. The SMILES string of the molecule is C[SiH](C)CCOC(=O)NCCCN(C(=O)CSC[C@H](NC(=O)CCC(=O)OC(C)(C)C)C(=O)O)[C@@H](c1cc(-c2cc(F)ccc2F)cn1Cc1ccccc1)C(C)(C)C. The predicted octanol–water partition coefficient (Wildman–Crippen LogP) is 7.42. The Labute approximate surface area is 352 Å². The molecular weight excluding hydrogens is 799 g/mol. The van der Waals surface area contributed by atoms with E-state index in [0.717, 1.165) is 41.6 Å². The highest BCUT2D eigenvalue weighted by Crippen LogP contribution is 2.41. The van der Waals surface area contributed by atoms with Crippen LogP contribution in [0.2, 0.25) is 19.1 Å². The molecule has 0 radical (unpaired) electrons. The van der Waals surface area contributed by atoms with Crippen LogP contribution < -0.4 is 10.6 Å². The van der Waals surface area contributed by atoms with E-state index in [1.807, 2.05) is 55.7 Å². The molecule has 0 bridgehead atoms. The molecule has 0 spiro atoms. The van der Waals surface area contributed by atoms with E-state index < -0.39 is 67.5 Å². The number of halogens is 2. The number of ether oxygens (including phenoxy) is 2. The fraction of sp³-hybridized carbons (Fsp3) is 0.512. The van der Waals surface area contributed by atoms with Gasteiger partial charge in [0.25, 0.3) is 0 Å². The zero-order chi connectivity index (χ0) is 43.9. The molecule has 3 rings (SSSR count). The van der Waals surface area contributed by atoms with Crippen LogP contribution in [0.4, 0.5) is 13.6 Å². The van der Waals surface area contributed by atoms with Gasteiger partial charge in [0.2, 0.25) is 11.8 Å². The van der Waals surface area contributed by atoms with Gasteiger partial charge in [-0.15, -0.1) is 11.8 Å². The van der Waals surface area contributed by atoms with E-state index >= 15 is 4.39 Å². The van der Waals surface area contributed by atoms with E-state index in [1.165, 1.54) is 0 Å². The zero-order valence-corrected chi connectivity index (χ0v) is 37.4. The Bertz CT molecular complexity index is 1880. The van der Waals surface area contributed by atoms with E-state index in [9.17, 15) is 33.5 Å². The zero-order valence-electron chi connectivity index (χ0n) is 35.4. The molecule has 0 fully saturated rings. The maximum absolute atomic E-state index is 15.2. The van der Waals surface area contributed by atoms with Gasteiger partial charge in [-0.2, -0.15) is 0 Å². The van der Waals surface area contributed by atoms with Crippen LogP contribution in [0.25, 0.3) is 11.1 Å². The molecule has 1 aromatic heterocycles. The second-order valence-corrected chi connectivity index (χ2v) is 21.3. The van der Waals surface area contributed by atoms with Crippen LogP contribution in [0.1, 0.15) is 78.1 Å². The van der Waals surface area contributed by atoms with Gasteiger partial charge in [-0.1, -0.05) is 64.2 Å². The number of carbonyl (C=O) groups is 5. The summed E-state index contributed by atoms with van der Waals surface area (Å²) in [7, 11) is -0.903.